The molecule has 0 unspecified atom stereocenters. The number of benzene rings is 1. The lowest BCUT2D eigenvalue weighted by atomic mass is 10.2. The molecule has 7 heteroatoms. The lowest BCUT2D eigenvalue weighted by Crippen LogP contribution is -2.32. The first kappa shape index (κ1) is 15.8. The predicted octanol–water partition coefficient (Wildman–Crippen LogP) is 2.53. The zero-order chi connectivity index (χ0) is 16.6. The van der Waals surface area contributed by atoms with Crippen LogP contribution in [0, 0.1) is 0 Å². The van der Waals surface area contributed by atoms with Crippen molar-refractivity contribution in [2.75, 3.05) is 6.54 Å². The fourth-order valence-electron chi connectivity index (χ4n) is 3.77. The first-order valence-electron chi connectivity index (χ1n) is 8.67. The van der Waals surface area contributed by atoms with Crippen molar-refractivity contribution in [2.24, 2.45) is 0 Å². The molecule has 0 bridgehead atoms. The highest BCUT2D eigenvalue weighted by Gasteiger charge is 2.39. The molecule has 128 valence electrons. The molecule has 6 nitrogen and oxygen atoms in total. The molecule has 0 N–H and O–H groups in total. The minimum Gasteiger partial charge on any atom is -0.314 e. The lowest BCUT2D eigenvalue weighted by Gasteiger charge is -2.24. The maximum absolute atomic E-state index is 13.0. The molecular formula is C17H22N4O2S. The van der Waals surface area contributed by atoms with Gasteiger partial charge in [0.25, 0.3) is 0 Å². The van der Waals surface area contributed by atoms with Gasteiger partial charge in [-0.15, -0.1) is 10.2 Å². The van der Waals surface area contributed by atoms with Crippen molar-refractivity contribution in [1.82, 2.24) is 19.1 Å². The van der Waals surface area contributed by atoms with Gasteiger partial charge in [0.2, 0.25) is 10.0 Å². The Labute approximate surface area is 142 Å². The molecule has 0 amide bonds. The molecule has 24 heavy (non-hydrogen) atoms. The molecule has 0 radical (unpaired) electrons. The summed E-state index contributed by atoms with van der Waals surface area (Å²) in [6.07, 6.45) is 6.04. The van der Waals surface area contributed by atoms with E-state index in [1.807, 2.05) is 6.07 Å². The number of fused-ring (bicyclic) bond motifs is 1. The van der Waals surface area contributed by atoms with E-state index in [1.165, 1.54) is 6.42 Å². The van der Waals surface area contributed by atoms with Crippen LogP contribution in [0.4, 0.5) is 0 Å². The van der Waals surface area contributed by atoms with Crippen LogP contribution in [0.25, 0.3) is 0 Å². The molecule has 2 aliphatic rings. The Kier molecular flexibility index (Phi) is 4.14. The molecule has 3 heterocycles. The van der Waals surface area contributed by atoms with E-state index >= 15 is 0 Å². The number of aryl methyl sites for hydroxylation is 1. The smallest absolute Gasteiger partial charge is 0.243 e. The standard InChI is InChI=1S/C17H22N4O2S/c22-24(23,14-8-3-1-4-9-14)21-13-7-10-15(21)17-19-18-16-11-5-2-6-12-20(16)17/h1,3-4,8-9,15H,2,5-7,10-13H2/t15-/m1/s1. The van der Waals surface area contributed by atoms with Crippen LogP contribution in [-0.2, 0) is 23.0 Å². The maximum atomic E-state index is 13.0. The van der Waals surface area contributed by atoms with E-state index in [0.29, 0.717) is 11.4 Å². The van der Waals surface area contributed by atoms with E-state index in [4.69, 9.17) is 0 Å². The zero-order valence-corrected chi connectivity index (χ0v) is 14.5. The summed E-state index contributed by atoms with van der Waals surface area (Å²) in [4.78, 5) is 0.354. The Morgan fingerprint density at radius 1 is 0.958 bits per heavy atom. The molecule has 1 atom stereocenters. The molecule has 2 aromatic rings. The van der Waals surface area contributed by atoms with Crippen LogP contribution in [0.2, 0.25) is 0 Å². The second-order valence-corrected chi connectivity index (χ2v) is 8.41. The summed E-state index contributed by atoms with van der Waals surface area (Å²) >= 11 is 0. The van der Waals surface area contributed by atoms with Crippen LogP contribution in [0.15, 0.2) is 35.2 Å². The topological polar surface area (TPSA) is 68.1 Å². The summed E-state index contributed by atoms with van der Waals surface area (Å²) in [6, 6.07) is 8.49. The molecule has 0 saturated carbocycles. The average Bonchev–Trinajstić information content (AvgIpc) is 3.17. The van der Waals surface area contributed by atoms with Crippen LogP contribution in [0.1, 0.15) is 49.8 Å². The van der Waals surface area contributed by atoms with Gasteiger partial charge in [-0.2, -0.15) is 4.31 Å². The summed E-state index contributed by atoms with van der Waals surface area (Å²) < 4.78 is 29.9. The van der Waals surface area contributed by atoms with Gasteiger partial charge in [-0.3, -0.25) is 0 Å². The Hall–Kier alpha value is -1.73. The van der Waals surface area contributed by atoms with Crippen LogP contribution in [0.5, 0.6) is 0 Å². The van der Waals surface area contributed by atoms with Gasteiger partial charge < -0.3 is 4.57 Å². The summed E-state index contributed by atoms with van der Waals surface area (Å²) in [6.45, 7) is 1.44. The van der Waals surface area contributed by atoms with Gasteiger partial charge in [-0.05, 0) is 37.8 Å². The molecule has 0 aliphatic carbocycles. The second-order valence-electron chi connectivity index (χ2n) is 6.52. The van der Waals surface area contributed by atoms with Crippen LogP contribution in [0.3, 0.4) is 0 Å². The summed E-state index contributed by atoms with van der Waals surface area (Å²) in [7, 11) is -3.50. The molecular weight excluding hydrogens is 324 g/mol. The predicted molar refractivity (Wildman–Crippen MR) is 89.9 cm³/mol. The highest BCUT2D eigenvalue weighted by Crippen LogP contribution is 2.36. The molecule has 4 rings (SSSR count). The van der Waals surface area contributed by atoms with Crippen molar-refractivity contribution in [3.63, 3.8) is 0 Å². The molecule has 1 aromatic carbocycles. The van der Waals surface area contributed by atoms with Crippen LogP contribution >= 0.6 is 0 Å². The second kappa shape index (κ2) is 6.29. The van der Waals surface area contributed by atoms with Crippen molar-refractivity contribution < 1.29 is 8.42 Å². The maximum Gasteiger partial charge on any atom is 0.243 e. The molecule has 1 aromatic heterocycles. The number of hydrogen-bond acceptors (Lipinski definition) is 4. The molecule has 1 saturated heterocycles. The van der Waals surface area contributed by atoms with Crippen LogP contribution in [-0.4, -0.2) is 34.0 Å². The van der Waals surface area contributed by atoms with Gasteiger partial charge in [-0.25, -0.2) is 8.42 Å². The quantitative estimate of drug-likeness (QED) is 0.856. The van der Waals surface area contributed by atoms with E-state index in [2.05, 4.69) is 14.8 Å². The fraction of sp³-hybridized carbons (Fsp3) is 0.529. The van der Waals surface area contributed by atoms with E-state index in [0.717, 1.165) is 50.3 Å². The number of sulfonamides is 1. The van der Waals surface area contributed by atoms with E-state index in [-0.39, 0.29) is 6.04 Å². The van der Waals surface area contributed by atoms with Gasteiger partial charge in [0.05, 0.1) is 10.9 Å². The van der Waals surface area contributed by atoms with Crippen molar-refractivity contribution in [2.45, 2.75) is 56.0 Å². The van der Waals surface area contributed by atoms with Gasteiger partial charge in [0.15, 0.2) is 5.82 Å². The van der Waals surface area contributed by atoms with E-state index in [9.17, 15) is 8.42 Å². The number of nitrogens with zero attached hydrogens (tertiary/aromatic N) is 4. The largest absolute Gasteiger partial charge is 0.314 e. The Morgan fingerprint density at radius 3 is 2.62 bits per heavy atom. The SMILES string of the molecule is O=S(=O)(c1ccccc1)N1CCC[C@@H]1c1nnc2n1CCCCC2. The number of aromatic nitrogens is 3. The van der Waals surface area contributed by atoms with Crippen molar-refractivity contribution in [1.29, 1.82) is 0 Å². The first-order chi connectivity index (χ1) is 11.7. The highest BCUT2D eigenvalue weighted by molar-refractivity contribution is 7.89. The lowest BCUT2D eigenvalue weighted by molar-refractivity contribution is 0.370. The summed E-state index contributed by atoms with van der Waals surface area (Å²) in [5, 5.41) is 8.73. The number of rotatable bonds is 3. The third kappa shape index (κ3) is 2.65. The van der Waals surface area contributed by atoms with E-state index < -0.39 is 10.0 Å². The normalized spacial score (nSPS) is 22.2. The molecule has 2 aliphatic heterocycles. The minimum absolute atomic E-state index is 0.199. The Balaban J connectivity index is 1.70. The van der Waals surface area contributed by atoms with Crippen molar-refractivity contribution in [3.05, 3.63) is 42.0 Å². The highest BCUT2D eigenvalue weighted by atomic mass is 32.2. The number of hydrogen-bond donors (Lipinski definition) is 0. The molecule has 1 fully saturated rings. The third-order valence-electron chi connectivity index (χ3n) is 4.99. The van der Waals surface area contributed by atoms with Crippen molar-refractivity contribution >= 4 is 10.0 Å². The van der Waals surface area contributed by atoms with Crippen molar-refractivity contribution in [3.8, 4) is 0 Å². The minimum atomic E-state index is -3.50. The zero-order valence-electron chi connectivity index (χ0n) is 13.6. The summed E-state index contributed by atoms with van der Waals surface area (Å²) in [5.41, 5.74) is 0. The fourth-order valence-corrected chi connectivity index (χ4v) is 5.44. The van der Waals surface area contributed by atoms with Crippen LogP contribution < -0.4 is 0 Å². The van der Waals surface area contributed by atoms with Gasteiger partial charge in [0, 0.05) is 19.5 Å². The Bertz CT molecular complexity index is 816. The monoisotopic (exact) mass is 346 g/mol. The first-order valence-corrected chi connectivity index (χ1v) is 10.1. The Morgan fingerprint density at radius 2 is 1.79 bits per heavy atom. The molecule has 0 spiro atoms. The third-order valence-corrected chi connectivity index (χ3v) is 6.91. The van der Waals surface area contributed by atoms with E-state index in [1.54, 1.807) is 28.6 Å². The van der Waals surface area contributed by atoms with Gasteiger partial charge in [0.1, 0.15) is 5.82 Å². The summed E-state index contributed by atoms with van der Waals surface area (Å²) in [5.74, 6) is 1.83. The average molecular weight is 346 g/mol. The van der Waals surface area contributed by atoms with Gasteiger partial charge >= 0.3 is 0 Å². The van der Waals surface area contributed by atoms with Gasteiger partial charge in [-0.1, -0.05) is 24.6 Å².